The zero-order valence-electron chi connectivity index (χ0n) is 9.64. The van der Waals surface area contributed by atoms with Gasteiger partial charge in [-0.1, -0.05) is 6.07 Å². The lowest BCUT2D eigenvalue weighted by Crippen LogP contribution is -2.44. The first-order chi connectivity index (χ1) is 8.50. The average Bonchev–Trinajstić information content (AvgIpc) is 2.98. The van der Waals surface area contributed by atoms with Crippen molar-refractivity contribution in [2.24, 2.45) is 0 Å². The van der Waals surface area contributed by atoms with Gasteiger partial charge >= 0.3 is 6.18 Å². The van der Waals surface area contributed by atoms with Crippen molar-refractivity contribution in [3.05, 3.63) is 36.0 Å². The summed E-state index contributed by atoms with van der Waals surface area (Å²) in [7, 11) is 0. The normalized spacial score (nSPS) is 18.2. The highest BCUT2D eigenvalue weighted by Crippen LogP contribution is 2.49. The van der Waals surface area contributed by atoms with Crippen LogP contribution in [-0.4, -0.2) is 16.7 Å². The van der Waals surface area contributed by atoms with E-state index in [1.54, 1.807) is 0 Å². The molecule has 5 heteroatoms. The van der Waals surface area contributed by atoms with E-state index in [1.165, 1.54) is 0 Å². The van der Waals surface area contributed by atoms with Crippen LogP contribution in [0.5, 0.6) is 0 Å². The SMILES string of the molecule is FC(F)(F)C1(NCc2ccc3[nH]ccc3c2)CC1. The highest BCUT2D eigenvalue weighted by molar-refractivity contribution is 5.79. The molecule has 96 valence electrons. The van der Waals surface area contributed by atoms with E-state index in [1.807, 2.05) is 30.5 Å². The molecule has 1 fully saturated rings. The number of H-pyrrole nitrogens is 1. The standard InChI is InChI=1S/C13H13F3N2/c14-13(15,16)12(4-5-12)18-8-9-1-2-11-10(7-9)3-6-17-11/h1-3,6-7,17-18H,4-5,8H2. The molecule has 0 unspecified atom stereocenters. The quantitative estimate of drug-likeness (QED) is 0.863. The Morgan fingerprint density at radius 1 is 1.22 bits per heavy atom. The topological polar surface area (TPSA) is 27.8 Å². The summed E-state index contributed by atoms with van der Waals surface area (Å²) in [5.41, 5.74) is 0.230. The number of benzene rings is 1. The number of hydrogen-bond donors (Lipinski definition) is 2. The highest BCUT2D eigenvalue weighted by Gasteiger charge is 2.62. The molecular weight excluding hydrogens is 241 g/mol. The first kappa shape index (κ1) is 11.6. The van der Waals surface area contributed by atoms with Gasteiger partial charge in [0.1, 0.15) is 5.54 Å². The van der Waals surface area contributed by atoms with Gasteiger partial charge in [0.25, 0.3) is 0 Å². The first-order valence-corrected chi connectivity index (χ1v) is 5.88. The van der Waals surface area contributed by atoms with Crippen molar-refractivity contribution in [2.75, 3.05) is 0 Å². The number of rotatable bonds is 3. The van der Waals surface area contributed by atoms with Crippen molar-refractivity contribution in [2.45, 2.75) is 31.1 Å². The zero-order valence-corrected chi connectivity index (χ0v) is 9.64. The molecule has 0 amide bonds. The summed E-state index contributed by atoms with van der Waals surface area (Å²) in [5.74, 6) is 0. The van der Waals surface area contributed by atoms with E-state index in [9.17, 15) is 13.2 Å². The Morgan fingerprint density at radius 3 is 2.67 bits per heavy atom. The Kier molecular flexibility index (Phi) is 2.41. The van der Waals surface area contributed by atoms with Crippen LogP contribution in [0.15, 0.2) is 30.5 Å². The van der Waals surface area contributed by atoms with E-state index in [2.05, 4.69) is 10.3 Å². The van der Waals surface area contributed by atoms with Crippen LogP contribution in [0.25, 0.3) is 10.9 Å². The molecule has 2 aromatic rings. The molecule has 2 nitrogen and oxygen atoms in total. The number of halogens is 3. The number of fused-ring (bicyclic) bond motifs is 1. The minimum atomic E-state index is -4.15. The monoisotopic (exact) mass is 254 g/mol. The van der Waals surface area contributed by atoms with Crippen molar-refractivity contribution in [3.63, 3.8) is 0 Å². The number of aromatic nitrogens is 1. The van der Waals surface area contributed by atoms with Crippen molar-refractivity contribution in [1.29, 1.82) is 0 Å². The van der Waals surface area contributed by atoms with Crippen molar-refractivity contribution >= 4 is 10.9 Å². The van der Waals surface area contributed by atoms with E-state index in [4.69, 9.17) is 0 Å². The van der Waals surface area contributed by atoms with Gasteiger partial charge < -0.3 is 4.98 Å². The summed E-state index contributed by atoms with van der Waals surface area (Å²) in [6, 6.07) is 7.55. The maximum absolute atomic E-state index is 12.7. The predicted octanol–water partition coefficient (Wildman–Crippen LogP) is 3.35. The predicted molar refractivity (Wildman–Crippen MR) is 63.2 cm³/mol. The van der Waals surface area contributed by atoms with Gasteiger partial charge in [0, 0.05) is 18.3 Å². The lowest BCUT2D eigenvalue weighted by molar-refractivity contribution is -0.166. The third-order valence-electron chi connectivity index (χ3n) is 3.54. The summed E-state index contributed by atoms with van der Waals surface area (Å²) in [6.07, 6.45) is -1.96. The van der Waals surface area contributed by atoms with E-state index >= 15 is 0 Å². The molecular formula is C13H13F3N2. The van der Waals surface area contributed by atoms with E-state index in [0.29, 0.717) is 0 Å². The zero-order chi connectivity index (χ0) is 12.8. The molecule has 0 saturated heterocycles. The van der Waals surface area contributed by atoms with Gasteiger partial charge in [-0.25, -0.2) is 0 Å². The number of hydrogen-bond acceptors (Lipinski definition) is 1. The molecule has 0 bridgehead atoms. The van der Waals surface area contributed by atoms with E-state index < -0.39 is 11.7 Å². The smallest absolute Gasteiger partial charge is 0.361 e. The Morgan fingerprint density at radius 2 is 2.00 bits per heavy atom. The molecule has 0 radical (unpaired) electrons. The van der Waals surface area contributed by atoms with Gasteiger partial charge in [-0.3, -0.25) is 5.32 Å². The van der Waals surface area contributed by atoms with Crippen LogP contribution in [-0.2, 0) is 6.54 Å². The van der Waals surface area contributed by atoms with Gasteiger partial charge in [0.2, 0.25) is 0 Å². The van der Waals surface area contributed by atoms with Crippen LogP contribution >= 0.6 is 0 Å². The third-order valence-corrected chi connectivity index (χ3v) is 3.54. The number of nitrogens with one attached hydrogen (secondary N) is 2. The fraction of sp³-hybridized carbons (Fsp3) is 0.385. The first-order valence-electron chi connectivity index (χ1n) is 5.88. The lowest BCUT2D eigenvalue weighted by Gasteiger charge is -2.20. The van der Waals surface area contributed by atoms with Crippen molar-refractivity contribution in [3.8, 4) is 0 Å². The molecule has 2 N–H and O–H groups in total. The second kappa shape index (κ2) is 3.75. The van der Waals surface area contributed by atoms with Crippen LogP contribution in [0.1, 0.15) is 18.4 Å². The van der Waals surface area contributed by atoms with Gasteiger partial charge in [-0.2, -0.15) is 13.2 Å². The third kappa shape index (κ3) is 1.88. The van der Waals surface area contributed by atoms with Crippen LogP contribution in [0.3, 0.4) is 0 Å². The van der Waals surface area contributed by atoms with Crippen LogP contribution in [0.2, 0.25) is 0 Å². The Bertz CT molecular complexity index is 567. The molecule has 18 heavy (non-hydrogen) atoms. The molecule has 0 spiro atoms. The lowest BCUT2D eigenvalue weighted by atomic mass is 10.1. The summed E-state index contributed by atoms with van der Waals surface area (Å²) in [5, 5.41) is 3.67. The van der Waals surface area contributed by atoms with E-state index in [0.717, 1.165) is 16.5 Å². The van der Waals surface area contributed by atoms with Crippen molar-refractivity contribution in [1.82, 2.24) is 10.3 Å². The Labute approximate surface area is 102 Å². The summed E-state index contributed by atoms with van der Waals surface area (Å²) < 4.78 is 38.2. The average molecular weight is 254 g/mol. The maximum atomic E-state index is 12.7. The Hall–Kier alpha value is -1.49. The second-order valence-corrected chi connectivity index (χ2v) is 4.83. The molecule has 3 rings (SSSR count). The summed E-state index contributed by atoms with van der Waals surface area (Å²) in [6.45, 7) is 0.251. The minimum absolute atomic E-state index is 0.183. The highest BCUT2D eigenvalue weighted by atomic mass is 19.4. The minimum Gasteiger partial charge on any atom is -0.361 e. The number of aromatic amines is 1. The fourth-order valence-electron chi connectivity index (χ4n) is 2.17. The molecule has 0 aliphatic heterocycles. The molecule has 1 aromatic heterocycles. The molecule has 1 aliphatic carbocycles. The maximum Gasteiger partial charge on any atom is 0.406 e. The summed E-state index contributed by atoms with van der Waals surface area (Å²) in [4.78, 5) is 3.06. The van der Waals surface area contributed by atoms with Gasteiger partial charge in [0.15, 0.2) is 0 Å². The van der Waals surface area contributed by atoms with E-state index in [-0.39, 0.29) is 19.4 Å². The van der Waals surface area contributed by atoms with Gasteiger partial charge in [0.05, 0.1) is 0 Å². The second-order valence-electron chi connectivity index (χ2n) is 4.83. The van der Waals surface area contributed by atoms with Gasteiger partial charge in [-0.05, 0) is 42.0 Å². The molecule has 1 aliphatic rings. The summed E-state index contributed by atoms with van der Waals surface area (Å²) >= 11 is 0. The molecule has 1 saturated carbocycles. The van der Waals surface area contributed by atoms with Gasteiger partial charge in [-0.15, -0.1) is 0 Å². The van der Waals surface area contributed by atoms with Crippen LogP contribution < -0.4 is 5.32 Å². The molecule has 1 aromatic carbocycles. The Balaban J connectivity index is 1.73. The van der Waals surface area contributed by atoms with Crippen LogP contribution in [0, 0.1) is 0 Å². The largest absolute Gasteiger partial charge is 0.406 e. The van der Waals surface area contributed by atoms with Crippen LogP contribution in [0.4, 0.5) is 13.2 Å². The number of alkyl halides is 3. The fourth-order valence-corrected chi connectivity index (χ4v) is 2.17. The van der Waals surface area contributed by atoms with Crippen molar-refractivity contribution < 1.29 is 13.2 Å². The molecule has 0 atom stereocenters. The molecule has 1 heterocycles.